The Hall–Kier alpha value is -3.41. The van der Waals surface area contributed by atoms with Gasteiger partial charge in [0.1, 0.15) is 11.6 Å². The summed E-state index contributed by atoms with van der Waals surface area (Å²) in [5.41, 5.74) is -1.33. The van der Waals surface area contributed by atoms with Crippen LogP contribution in [0.5, 0.6) is 0 Å². The summed E-state index contributed by atoms with van der Waals surface area (Å²) in [4.78, 5) is 19.6. The first kappa shape index (κ1) is 17.0. The number of nitriles is 1. The van der Waals surface area contributed by atoms with Crippen LogP contribution in [0.15, 0.2) is 54.5 Å². The van der Waals surface area contributed by atoms with Gasteiger partial charge in [-0.3, -0.25) is 4.79 Å². The number of rotatable bonds is 4. The topological polar surface area (TPSA) is 90.7 Å². The molecule has 0 aliphatic heterocycles. The normalized spacial score (nSPS) is 11.5. The zero-order valence-electron chi connectivity index (χ0n) is 12.0. The molecule has 24 heavy (non-hydrogen) atoms. The molecular formula is C15H10F3N5O. The van der Waals surface area contributed by atoms with Gasteiger partial charge in [0.15, 0.2) is 0 Å². The molecule has 0 aliphatic rings. The van der Waals surface area contributed by atoms with Gasteiger partial charge in [-0.1, -0.05) is 6.07 Å². The number of nitrogens with zero attached hydrogens (tertiary/aromatic N) is 3. The molecule has 0 unspecified atom stereocenters. The first-order valence-corrected chi connectivity index (χ1v) is 6.52. The third kappa shape index (κ3) is 4.54. The van der Waals surface area contributed by atoms with Gasteiger partial charge in [0.05, 0.1) is 5.56 Å². The summed E-state index contributed by atoms with van der Waals surface area (Å²) in [6, 6.07) is 7.33. The highest BCUT2D eigenvalue weighted by Gasteiger charge is 2.30. The van der Waals surface area contributed by atoms with Crippen molar-refractivity contribution in [2.75, 3.05) is 10.6 Å². The maximum Gasteiger partial charge on any atom is 0.416 e. The van der Waals surface area contributed by atoms with E-state index in [0.717, 1.165) is 24.4 Å². The van der Waals surface area contributed by atoms with Crippen LogP contribution in [0.1, 0.15) is 5.56 Å². The Labute approximate surface area is 134 Å². The van der Waals surface area contributed by atoms with Crippen LogP contribution in [0.2, 0.25) is 0 Å². The van der Waals surface area contributed by atoms with Crippen LogP contribution >= 0.6 is 0 Å². The molecule has 0 saturated heterocycles. The quantitative estimate of drug-likeness (QED) is 0.663. The summed E-state index contributed by atoms with van der Waals surface area (Å²) < 4.78 is 37.9. The van der Waals surface area contributed by atoms with Crippen molar-refractivity contribution in [1.82, 2.24) is 9.97 Å². The molecule has 6 nitrogen and oxygen atoms in total. The Bertz CT molecular complexity index is 797. The van der Waals surface area contributed by atoms with E-state index in [9.17, 15) is 18.0 Å². The van der Waals surface area contributed by atoms with Crippen LogP contribution in [-0.2, 0) is 11.0 Å². The molecule has 0 spiro atoms. The highest BCUT2D eigenvalue weighted by molar-refractivity contribution is 6.06. The number of halogens is 3. The standard InChI is InChI=1S/C15H10F3N5O/c16-15(17,18)11-3-1-4-12(7-11)23-13(24)10(8-19)9-22-14-20-5-2-6-21-14/h1-7,9H,(H,23,24)(H,20,21,22)/b10-9-. The lowest BCUT2D eigenvalue weighted by Crippen LogP contribution is -2.15. The molecular weight excluding hydrogens is 323 g/mol. The molecule has 2 rings (SSSR count). The second kappa shape index (κ2) is 7.23. The van der Waals surface area contributed by atoms with Gasteiger partial charge < -0.3 is 10.6 Å². The van der Waals surface area contributed by atoms with Gasteiger partial charge in [0.2, 0.25) is 5.95 Å². The van der Waals surface area contributed by atoms with Crippen molar-refractivity contribution in [2.45, 2.75) is 6.18 Å². The van der Waals surface area contributed by atoms with Crippen molar-refractivity contribution in [2.24, 2.45) is 0 Å². The number of hydrogen-bond donors (Lipinski definition) is 2. The van der Waals surface area contributed by atoms with E-state index in [0.29, 0.717) is 0 Å². The number of anilines is 2. The van der Waals surface area contributed by atoms with Crippen molar-refractivity contribution < 1.29 is 18.0 Å². The van der Waals surface area contributed by atoms with Gasteiger partial charge >= 0.3 is 6.18 Å². The van der Waals surface area contributed by atoms with Crippen molar-refractivity contribution in [1.29, 1.82) is 5.26 Å². The molecule has 0 fully saturated rings. The first-order valence-electron chi connectivity index (χ1n) is 6.52. The SMILES string of the molecule is N#C/C(=C/Nc1ncccn1)C(=O)Nc1cccc(C(F)(F)F)c1. The Kier molecular flexibility index (Phi) is 5.11. The summed E-state index contributed by atoms with van der Waals surface area (Å²) in [7, 11) is 0. The molecule has 1 aromatic heterocycles. The van der Waals surface area contributed by atoms with Crippen molar-refractivity contribution in [3.8, 4) is 6.07 Å². The van der Waals surface area contributed by atoms with E-state index in [1.807, 2.05) is 0 Å². The lowest BCUT2D eigenvalue weighted by Gasteiger charge is -2.09. The fraction of sp³-hybridized carbons (Fsp3) is 0.0667. The third-order valence-electron chi connectivity index (χ3n) is 2.72. The van der Waals surface area contributed by atoms with Crippen LogP contribution in [-0.4, -0.2) is 15.9 Å². The predicted molar refractivity (Wildman–Crippen MR) is 79.4 cm³/mol. The van der Waals surface area contributed by atoms with Crippen LogP contribution in [0.3, 0.4) is 0 Å². The number of aromatic nitrogens is 2. The monoisotopic (exact) mass is 333 g/mol. The fourth-order valence-electron chi connectivity index (χ4n) is 1.63. The van der Waals surface area contributed by atoms with Gasteiger partial charge in [-0.25, -0.2) is 9.97 Å². The van der Waals surface area contributed by atoms with E-state index < -0.39 is 17.6 Å². The Balaban J connectivity index is 2.11. The van der Waals surface area contributed by atoms with Gasteiger partial charge in [-0.05, 0) is 24.3 Å². The Morgan fingerprint density at radius 2 is 1.92 bits per heavy atom. The van der Waals surface area contributed by atoms with Crippen molar-refractivity contribution in [3.05, 3.63) is 60.1 Å². The molecule has 1 amide bonds. The summed E-state index contributed by atoms with van der Waals surface area (Å²) in [6.45, 7) is 0. The third-order valence-corrected chi connectivity index (χ3v) is 2.72. The molecule has 122 valence electrons. The summed E-state index contributed by atoms with van der Waals surface area (Å²) >= 11 is 0. The minimum atomic E-state index is -4.53. The molecule has 0 bridgehead atoms. The Morgan fingerprint density at radius 1 is 1.21 bits per heavy atom. The number of benzene rings is 1. The van der Waals surface area contributed by atoms with Gasteiger partial charge in [0.25, 0.3) is 5.91 Å². The molecule has 9 heteroatoms. The maximum atomic E-state index is 12.6. The smallest absolute Gasteiger partial charge is 0.329 e. The maximum absolute atomic E-state index is 12.6. The summed E-state index contributed by atoms with van der Waals surface area (Å²) in [6.07, 6.45) is -0.547. The zero-order chi connectivity index (χ0) is 17.6. The number of nitrogens with one attached hydrogen (secondary N) is 2. The Morgan fingerprint density at radius 3 is 2.54 bits per heavy atom. The van der Waals surface area contributed by atoms with Gasteiger partial charge in [0, 0.05) is 24.3 Å². The molecule has 1 heterocycles. The molecule has 2 N–H and O–H groups in total. The second-order valence-corrected chi connectivity index (χ2v) is 4.42. The second-order valence-electron chi connectivity index (χ2n) is 4.42. The van der Waals surface area contributed by atoms with Crippen LogP contribution in [0.4, 0.5) is 24.8 Å². The number of carbonyl (C=O) groups is 1. The van der Waals surface area contributed by atoms with E-state index in [-0.39, 0.29) is 17.2 Å². The minimum absolute atomic E-state index is 0.0769. The predicted octanol–water partition coefficient (Wildman–Crippen LogP) is 2.95. The number of alkyl halides is 3. The molecule has 0 radical (unpaired) electrons. The zero-order valence-corrected chi connectivity index (χ0v) is 12.0. The van der Waals surface area contributed by atoms with E-state index >= 15 is 0 Å². The van der Waals surface area contributed by atoms with Crippen molar-refractivity contribution >= 4 is 17.5 Å². The highest BCUT2D eigenvalue weighted by atomic mass is 19.4. The van der Waals surface area contributed by atoms with E-state index in [1.54, 1.807) is 12.1 Å². The van der Waals surface area contributed by atoms with Crippen LogP contribution < -0.4 is 10.6 Å². The summed E-state index contributed by atoms with van der Waals surface area (Å²) in [5, 5.41) is 13.8. The number of carbonyl (C=O) groups excluding carboxylic acids is 1. The average Bonchev–Trinajstić information content (AvgIpc) is 2.56. The van der Waals surface area contributed by atoms with Crippen molar-refractivity contribution in [3.63, 3.8) is 0 Å². The van der Waals surface area contributed by atoms with Gasteiger partial charge in [-0.15, -0.1) is 0 Å². The van der Waals surface area contributed by atoms with Crippen LogP contribution in [0, 0.1) is 11.3 Å². The van der Waals surface area contributed by atoms with E-state index in [1.165, 1.54) is 18.5 Å². The highest BCUT2D eigenvalue weighted by Crippen LogP contribution is 2.30. The average molecular weight is 333 g/mol. The largest absolute Gasteiger partial charge is 0.416 e. The lowest BCUT2D eigenvalue weighted by molar-refractivity contribution is -0.137. The van der Waals surface area contributed by atoms with Crippen LogP contribution in [0.25, 0.3) is 0 Å². The van der Waals surface area contributed by atoms with E-state index in [4.69, 9.17) is 5.26 Å². The minimum Gasteiger partial charge on any atom is -0.329 e. The summed E-state index contributed by atoms with van der Waals surface area (Å²) in [5.74, 6) is -0.697. The van der Waals surface area contributed by atoms with Gasteiger partial charge in [-0.2, -0.15) is 18.4 Å². The van der Waals surface area contributed by atoms with E-state index in [2.05, 4.69) is 20.6 Å². The number of hydrogen-bond acceptors (Lipinski definition) is 5. The lowest BCUT2D eigenvalue weighted by atomic mass is 10.2. The fourth-order valence-corrected chi connectivity index (χ4v) is 1.63. The molecule has 2 aromatic rings. The molecule has 0 aliphatic carbocycles. The molecule has 0 atom stereocenters. The first-order chi connectivity index (χ1) is 11.4. The molecule has 1 aromatic carbocycles. The molecule has 0 saturated carbocycles. The number of amides is 1.